The summed E-state index contributed by atoms with van der Waals surface area (Å²) >= 11 is 1.53. The first-order chi connectivity index (χ1) is 8.79. The summed E-state index contributed by atoms with van der Waals surface area (Å²) < 4.78 is 10.6. The topological polar surface area (TPSA) is 35.5 Å². The van der Waals surface area contributed by atoms with Crippen molar-refractivity contribution in [3.05, 3.63) is 48.0 Å². The Morgan fingerprint density at radius 2 is 1.89 bits per heavy atom. The van der Waals surface area contributed by atoms with Crippen LogP contribution in [-0.4, -0.2) is 13.1 Å². The van der Waals surface area contributed by atoms with E-state index >= 15 is 0 Å². The Hall–Kier alpha value is -1.94. The van der Waals surface area contributed by atoms with E-state index in [0.717, 1.165) is 15.5 Å². The molecule has 0 N–H and O–H groups in total. The molecule has 0 aliphatic carbocycles. The van der Waals surface area contributed by atoms with Crippen molar-refractivity contribution in [1.29, 1.82) is 0 Å². The lowest BCUT2D eigenvalue weighted by Crippen LogP contribution is -2.06. The highest BCUT2D eigenvalue weighted by atomic mass is 32.2. The van der Waals surface area contributed by atoms with Gasteiger partial charge in [-0.3, -0.25) is 0 Å². The minimum absolute atomic E-state index is 0.345. The Kier molecular flexibility index (Phi) is 2.72. The Morgan fingerprint density at radius 3 is 2.72 bits per heavy atom. The Labute approximate surface area is 109 Å². The van der Waals surface area contributed by atoms with E-state index < -0.39 is 0 Å². The number of hydrogen-bond acceptors (Lipinski definition) is 4. The standard InChI is InChI=1S/C14H10O3S/c1-16-14(15)9-5-4-7-11-13(9)18-12-8-3-2-6-10(12)17-11/h2-8H,1H3. The monoisotopic (exact) mass is 258 g/mol. The fourth-order valence-corrected chi connectivity index (χ4v) is 2.87. The van der Waals surface area contributed by atoms with Gasteiger partial charge in [-0.2, -0.15) is 0 Å². The van der Waals surface area contributed by atoms with E-state index in [9.17, 15) is 4.79 Å². The van der Waals surface area contributed by atoms with Gasteiger partial charge in [0, 0.05) is 0 Å². The van der Waals surface area contributed by atoms with Crippen LogP contribution in [0.5, 0.6) is 11.5 Å². The number of fused-ring (bicyclic) bond motifs is 2. The predicted molar refractivity (Wildman–Crippen MR) is 68.4 cm³/mol. The van der Waals surface area contributed by atoms with Crippen LogP contribution >= 0.6 is 11.8 Å². The van der Waals surface area contributed by atoms with Crippen molar-refractivity contribution >= 4 is 17.7 Å². The maximum atomic E-state index is 11.7. The second kappa shape index (κ2) is 4.38. The van der Waals surface area contributed by atoms with E-state index in [1.807, 2.05) is 30.3 Å². The minimum atomic E-state index is -0.345. The zero-order valence-corrected chi connectivity index (χ0v) is 10.5. The van der Waals surface area contributed by atoms with Crippen molar-refractivity contribution in [2.45, 2.75) is 9.79 Å². The first kappa shape index (κ1) is 11.2. The van der Waals surface area contributed by atoms with Crippen molar-refractivity contribution in [3.63, 3.8) is 0 Å². The normalized spacial score (nSPS) is 12.1. The highest BCUT2D eigenvalue weighted by Gasteiger charge is 2.23. The number of para-hydroxylation sites is 1. The third-order valence-electron chi connectivity index (χ3n) is 2.67. The summed E-state index contributed by atoms with van der Waals surface area (Å²) in [4.78, 5) is 13.5. The molecule has 3 nitrogen and oxygen atoms in total. The molecule has 3 rings (SSSR count). The number of hydrogen-bond donors (Lipinski definition) is 0. The van der Waals surface area contributed by atoms with Gasteiger partial charge < -0.3 is 9.47 Å². The molecule has 0 aromatic heterocycles. The van der Waals surface area contributed by atoms with Gasteiger partial charge >= 0.3 is 5.97 Å². The van der Waals surface area contributed by atoms with Crippen LogP contribution in [0.1, 0.15) is 10.4 Å². The third-order valence-corrected chi connectivity index (χ3v) is 3.85. The third kappa shape index (κ3) is 1.75. The SMILES string of the molecule is COC(=O)c1cccc2c1Sc1ccccc1O2. The maximum Gasteiger partial charge on any atom is 0.339 e. The lowest BCUT2D eigenvalue weighted by Gasteiger charge is -2.20. The second-order valence-electron chi connectivity index (χ2n) is 3.78. The molecule has 2 aromatic carbocycles. The molecule has 1 aliphatic rings. The zero-order valence-electron chi connectivity index (χ0n) is 9.67. The van der Waals surface area contributed by atoms with Crippen LogP contribution in [0.2, 0.25) is 0 Å². The van der Waals surface area contributed by atoms with E-state index in [1.54, 1.807) is 12.1 Å². The van der Waals surface area contributed by atoms with E-state index in [4.69, 9.17) is 9.47 Å². The highest BCUT2D eigenvalue weighted by Crippen LogP contribution is 2.48. The molecule has 0 saturated carbocycles. The lowest BCUT2D eigenvalue weighted by atomic mass is 10.2. The first-order valence-electron chi connectivity index (χ1n) is 5.45. The molecule has 0 saturated heterocycles. The van der Waals surface area contributed by atoms with Gasteiger partial charge in [-0.15, -0.1) is 0 Å². The van der Waals surface area contributed by atoms with Crippen LogP contribution in [0.15, 0.2) is 52.3 Å². The predicted octanol–water partition coefficient (Wildman–Crippen LogP) is 3.73. The molecule has 0 atom stereocenters. The first-order valence-corrected chi connectivity index (χ1v) is 6.27. The smallest absolute Gasteiger partial charge is 0.339 e. The molecule has 0 spiro atoms. The van der Waals surface area contributed by atoms with E-state index in [-0.39, 0.29) is 5.97 Å². The summed E-state index contributed by atoms with van der Waals surface area (Å²) in [6.45, 7) is 0. The van der Waals surface area contributed by atoms with Crippen LogP contribution in [0.3, 0.4) is 0 Å². The van der Waals surface area contributed by atoms with Crippen molar-refractivity contribution in [3.8, 4) is 11.5 Å². The number of esters is 1. The summed E-state index contributed by atoms with van der Waals surface area (Å²) in [5.41, 5.74) is 0.537. The quantitative estimate of drug-likeness (QED) is 0.623. The Bertz CT molecular complexity index is 622. The summed E-state index contributed by atoms with van der Waals surface area (Å²) in [6.07, 6.45) is 0. The van der Waals surface area contributed by atoms with Gasteiger partial charge in [-0.1, -0.05) is 30.0 Å². The summed E-state index contributed by atoms with van der Waals surface area (Å²) in [6, 6.07) is 13.1. The molecular formula is C14H10O3S. The van der Waals surface area contributed by atoms with Crippen molar-refractivity contribution in [2.75, 3.05) is 7.11 Å². The van der Waals surface area contributed by atoms with Crippen LogP contribution in [0.4, 0.5) is 0 Å². The number of methoxy groups -OCH3 is 1. The highest BCUT2D eigenvalue weighted by molar-refractivity contribution is 7.99. The van der Waals surface area contributed by atoms with Crippen LogP contribution in [-0.2, 0) is 4.74 Å². The van der Waals surface area contributed by atoms with Gasteiger partial charge in [0.05, 0.1) is 22.5 Å². The van der Waals surface area contributed by atoms with Gasteiger partial charge in [-0.25, -0.2) is 4.79 Å². The fraction of sp³-hybridized carbons (Fsp3) is 0.0714. The van der Waals surface area contributed by atoms with Gasteiger partial charge in [0.15, 0.2) is 0 Å². The summed E-state index contributed by atoms with van der Waals surface area (Å²) in [5.74, 6) is 1.17. The van der Waals surface area contributed by atoms with Crippen LogP contribution in [0, 0.1) is 0 Å². The molecule has 90 valence electrons. The molecule has 18 heavy (non-hydrogen) atoms. The number of rotatable bonds is 1. The molecule has 1 heterocycles. The lowest BCUT2D eigenvalue weighted by molar-refractivity contribution is 0.0596. The fourth-order valence-electron chi connectivity index (χ4n) is 1.82. The maximum absolute atomic E-state index is 11.7. The number of benzene rings is 2. The van der Waals surface area contributed by atoms with Gasteiger partial charge in [0.1, 0.15) is 11.5 Å². The minimum Gasteiger partial charge on any atom is -0.465 e. The number of ether oxygens (including phenoxy) is 2. The molecule has 0 fully saturated rings. The van der Waals surface area contributed by atoms with Crippen molar-refractivity contribution in [1.82, 2.24) is 0 Å². The average Bonchev–Trinajstić information content (AvgIpc) is 2.43. The second-order valence-corrected chi connectivity index (χ2v) is 4.83. The van der Waals surface area contributed by atoms with Gasteiger partial charge in [0.25, 0.3) is 0 Å². The van der Waals surface area contributed by atoms with Crippen LogP contribution < -0.4 is 4.74 Å². The Morgan fingerprint density at radius 1 is 1.11 bits per heavy atom. The average molecular weight is 258 g/mol. The molecule has 0 unspecified atom stereocenters. The molecule has 0 radical (unpaired) electrons. The van der Waals surface area contributed by atoms with Crippen molar-refractivity contribution < 1.29 is 14.3 Å². The van der Waals surface area contributed by atoms with E-state index in [2.05, 4.69) is 0 Å². The number of carbonyl (C=O) groups excluding carboxylic acids is 1. The largest absolute Gasteiger partial charge is 0.465 e. The molecule has 1 aliphatic heterocycles. The summed E-state index contributed by atoms with van der Waals surface area (Å²) in [7, 11) is 1.38. The summed E-state index contributed by atoms with van der Waals surface area (Å²) in [5, 5.41) is 0. The molecule has 4 heteroatoms. The zero-order chi connectivity index (χ0) is 12.5. The van der Waals surface area contributed by atoms with Crippen molar-refractivity contribution in [2.24, 2.45) is 0 Å². The van der Waals surface area contributed by atoms with E-state index in [0.29, 0.717) is 11.3 Å². The Balaban J connectivity index is 2.10. The van der Waals surface area contributed by atoms with Gasteiger partial charge in [-0.05, 0) is 24.3 Å². The molecule has 0 amide bonds. The molecular weight excluding hydrogens is 248 g/mol. The molecule has 0 bridgehead atoms. The van der Waals surface area contributed by atoms with E-state index in [1.165, 1.54) is 18.9 Å². The molecule has 2 aromatic rings. The van der Waals surface area contributed by atoms with Crippen LogP contribution in [0.25, 0.3) is 0 Å². The van der Waals surface area contributed by atoms with Gasteiger partial charge in [0.2, 0.25) is 0 Å². The number of carbonyl (C=O) groups is 1.